The smallest absolute Gasteiger partial charge is 0.311 e. The van der Waals surface area contributed by atoms with E-state index >= 15 is 0 Å². The van der Waals surface area contributed by atoms with Crippen LogP contribution in [0.25, 0.3) is 0 Å². The number of hydrogen-bond donors (Lipinski definition) is 1. The summed E-state index contributed by atoms with van der Waals surface area (Å²) >= 11 is 0. The molecule has 0 spiro atoms. The molecule has 0 unspecified atom stereocenters. The highest BCUT2D eigenvalue weighted by Crippen LogP contribution is 2.28. The first-order chi connectivity index (χ1) is 14.1. The Balaban J connectivity index is 1.68. The summed E-state index contributed by atoms with van der Waals surface area (Å²) in [7, 11) is 0. The van der Waals surface area contributed by atoms with E-state index in [-0.39, 0.29) is 22.9 Å². The summed E-state index contributed by atoms with van der Waals surface area (Å²) in [5.74, 6) is -0.176. The first-order valence-corrected chi connectivity index (χ1v) is 10.1. The number of piperidine rings is 1. The van der Waals surface area contributed by atoms with Gasteiger partial charge in [0.2, 0.25) is 0 Å². The predicted octanol–water partition coefficient (Wildman–Crippen LogP) is 3.91. The molecule has 0 aromatic heterocycles. The highest BCUT2D eigenvalue weighted by atomic mass is 16.6. The van der Waals surface area contributed by atoms with Crippen molar-refractivity contribution < 1.29 is 14.5 Å². The molecule has 3 rings (SSSR count). The van der Waals surface area contributed by atoms with Crippen molar-refractivity contribution in [2.24, 2.45) is 0 Å². The van der Waals surface area contributed by atoms with E-state index in [1.165, 1.54) is 37.0 Å². The van der Waals surface area contributed by atoms with Gasteiger partial charge in [-0.2, -0.15) is 0 Å². The number of likely N-dealkylation sites (tertiary alicyclic amines) is 1. The second-order valence-electron chi connectivity index (χ2n) is 7.16. The Kier molecular flexibility index (Phi) is 7.19. The Morgan fingerprint density at radius 2 is 1.86 bits per heavy atom. The number of nitro groups is 1. The second kappa shape index (κ2) is 10.0. The van der Waals surface area contributed by atoms with Gasteiger partial charge in [0, 0.05) is 24.7 Å². The number of hydrogen-bond acceptors (Lipinski definition) is 5. The fraction of sp³-hybridized carbons (Fsp3) is 0.409. The molecule has 7 nitrogen and oxygen atoms in total. The molecule has 1 aliphatic heterocycles. The molecule has 7 heteroatoms. The lowest BCUT2D eigenvalue weighted by atomic mass is 10.0. The normalized spacial score (nSPS) is 14.4. The summed E-state index contributed by atoms with van der Waals surface area (Å²) in [4.78, 5) is 25.8. The van der Waals surface area contributed by atoms with Gasteiger partial charge < -0.3 is 10.1 Å². The monoisotopic (exact) mass is 397 g/mol. The number of nitro benzene ring substituents is 1. The number of nitrogens with zero attached hydrogens (tertiary/aromatic N) is 2. The highest BCUT2D eigenvalue weighted by Gasteiger charge is 2.19. The molecule has 0 bridgehead atoms. The molecular weight excluding hydrogens is 370 g/mol. The molecule has 2 aromatic rings. The number of nitrogens with one attached hydrogen (secondary N) is 1. The Hall–Kier alpha value is -2.93. The molecule has 1 N–H and O–H groups in total. The Morgan fingerprint density at radius 3 is 2.55 bits per heavy atom. The van der Waals surface area contributed by atoms with Crippen molar-refractivity contribution in [1.29, 1.82) is 0 Å². The van der Waals surface area contributed by atoms with Crippen molar-refractivity contribution in [1.82, 2.24) is 10.2 Å². The standard InChI is InChI=1S/C22H27N3O4/c1-2-29-21-11-10-17(14-20(21)25(27)28)22(26)23-15-18-8-4-5-9-19(18)16-24-12-6-3-7-13-24/h4-5,8-11,14H,2-3,6-7,12-13,15-16H2,1H3,(H,23,26). The van der Waals surface area contributed by atoms with E-state index in [1.807, 2.05) is 18.2 Å². The van der Waals surface area contributed by atoms with Crippen molar-refractivity contribution in [3.63, 3.8) is 0 Å². The second-order valence-corrected chi connectivity index (χ2v) is 7.16. The molecule has 0 saturated carbocycles. The van der Waals surface area contributed by atoms with Crippen LogP contribution < -0.4 is 10.1 Å². The third-order valence-electron chi connectivity index (χ3n) is 5.12. The van der Waals surface area contributed by atoms with Gasteiger partial charge in [-0.25, -0.2) is 0 Å². The molecule has 2 aromatic carbocycles. The van der Waals surface area contributed by atoms with Crippen molar-refractivity contribution >= 4 is 11.6 Å². The van der Waals surface area contributed by atoms with Crippen LogP contribution in [0.15, 0.2) is 42.5 Å². The van der Waals surface area contributed by atoms with Crippen molar-refractivity contribution in [3.8, 4) is 5.75 Å². The van der Waals surface area contributed by atoms with Crippen LogP contribution in [0, 0.1) is 10.1 Å². The van der Waals surface area contributed by atoms with Crippen LogP contribution in [0.5, 0.6) is 5.75 Å². The van der Waals surface area contributed by atoms with Gasteiger partial charge in [-0.05, 0) is 56.1 Å². The van der Waals surface area contributed by atoms with Crippen LogP contribution in [-0.2, 0) is 13.1 Å². The quantitative estimate of drug-likeness (QED) is 0.539. The molecule has 1 amide bonds. The molecule has 1 fully saturated rings. The number of carbonyl (C=O) groups excluding carboxylic acids is 1. The van der Waals surface area contributed by atoms with Crippen LogP contribution in [-0.4, -0.2) is 35.4 Å². The van der Waals surface area contributed by atoms with Crippen LogP contribution >= 0.6 is 0 Å². The third-order valence-corrected chi connectivity index (χ3v) is 5.12. The first kappa shape index (κ1) is 20.8. The van der Waals surface area contributed by atoms with E-state index in [9.17, 15) is 14.9 Å². The number of rotatable bonds is 8. The highest BCUT2D eigenvalue weighted by molar-refractivity contribution is 5.95. The molecule has 0 aliphatic carbocycles. The van der Waals surface area contributed by atoms with E-state index in [0.29, 0.717) is 13.2 Å². The Labute approximate surface area is 170 Å². The minimum absolute atomic E-state index is 0.168. The first-order valence-electron chi connectivity index (χ1n) is 10.1. The van der Waals surface area contributed by atoms with Crippen molar-refractivity contribution in [3.05, 3.63) is 69.3 Å². The molecule has 1 heterocycles. The average molecular weight is 397 g/mol. The number of carbonyl (C=O) groups is 1. The van der Waals surface area contributed by atoms with E-state index in [1.54, 1.807) is 13.0 Å². The lowest BCUT2D eigenvalue weighted by Gasteiger charge is -2.27. The molecule has 0 atom stereocenters. The minimum Gasteiger partial charge on any atom is -0.487 e. The van der Waals surface area contributed by atoms with Gasteiger partial charge in [-0.1, -0.05) is 30.7 Å². The summed E-state index contributed by atoms with van der Waals surface area (Å²) in [5, 5.41) is 14.2. The van der Waals surface area contributed by atoms with E-state index < -0.39 is 4.92 Å². The molecule has 1 saturated heterocycles. The summed E-state index contributed by atoms with van der Waals surface area (Å²) in [6, 6.07) is 12.4. The number of benzene rings is 2. The summed E-state index contributed by atoms with van der Waals surface area (Å²) < 4.78 is 5.27. The average Bonchev–Trinajstić information content (AvgIpc) is 2.74. The van der Waals surface area contributed by atoms with Crippen LogP contribution in [0.1, 0.15) is 47.7 Å². The zero-order chi connectivity index (χ0) is 20.6. The zero-order valence-corrected chi connectivity index (χ0v) is 16.7. The van der Waals surface area contributed by atoms with Crippen LogP contribution in [0.2, 0.25) is 0 Å². The van der Waals surface area contributed by atoms with Crippen molar-refractivity contribution in [2.45, 2.75) is 39.3 Å². The van der Waals surface area contributed by atoms with Gasteiger partial charge in [0.25, 0.3) is 5.91 Å². The minimum atomic E-state index is -0.532. The summed E-state index contributed by atoms with van der Waals surface area (Å²) in [5.41, 5.74) is 2.30. The Bertz CT molecular complexity index is 863. The van der Waals surface area contributed by atoms with E-state index in [0.717, 1.165) is 25.2 Å². The van der Waals surface area contributed by atoms with Crippen LogP contribution in [0.3, 0.4) is 0 Å². The maximum absolute atomic E-state index is 12.6. The van der Waals surface area contributed by atoms with E-state index in [4.69, 9.17) is 4.74 Å². The van der Waals surface area contributed by atoms with Gasteiger partial charge in [0.05, 0.1) is 11.5 Å². The fourth-order valence-corrected chi connectivity index (χ4v) is 3.60. The molecule has 1 aliphatic rings. The van der Waals surface area contributed by atoms with Gasteiger partial charge in [-0.3, -0.25) is 19.8 Å². The summed E-state index contributed by atoms with van der Waals surface area (Å²) in [6.07, 6.45) is 3.76. The fourth-order valence-electron chi connectivity index (χ4n) is 3.60. The van der Waals surface area contributed by atoms with Gasteiger partial charge in [-0.15, -0.1) is 0 Å². The largest absolute Gasteiger partial charge is 0.487 e. The topological polar surface area (TPSA) is 84.7 Å². The zero-order valence-electron chi connectivity index (χ0n) is 16.7. The Morgan fingerprint density at radius 1 is 1.14 bits per heavy atom. The van der Waals surface area contributed by atoms with E-state index in [2.05, 4.69) is 16.3 Å². The number of ether oxygens (including phenoxy) is 1. The molecule has 0 radical (unpaired) electrons. The molecular formula is C22H27N3O4. The number of amides is 1. The molecule has 29 heavy (non-hydrogen) atoms. The van der Waals surface area contributed by atoms with Gasteiger partial charge in [0.1, 0.15) is 0 Å². The molecule has 154 valence electrons. The summed E-state index contributed by atoms with van der Waals surface area (Å²) in [6.45, 7) is 5.55. The van der Waals surface area contributed by atoms with Crippen LogP contribution in [0.4, 0.5) is 5.69 Å². The third kappa shape index (κ3) is 5.54. The maximum Gasteiger partial charge on any atom is 0.311 e. The van der Waals surface area contributed by atoms with Crippen molar-refractivity contribution in [2.75, 3.05) is 19.7 Å². The van der Waals surface area contributed by atoms with Gasteiger partial charge in [0.15, 0.2) is 5.75 Å². The maximum atomic E-state index is 12.6. The predicted molar refractivity (Wildman–Crippen MR) is 111 cm³/mol. The lowest BCUT2D eigenvalue weighted by Crippen LogP contribution is -2.30. The van der Waals surface area contributed by atoms with Gasteiger partial charge >= 0.3 is 5.69 Å². The SMILES string of the molecule is CCOc1ccc(C(=O)NCc2ccccc2CN2CCCCC2)cc1[N+](=O)[O-]. The lowest BCUT2D eigenvalue weighted by molar-refractivity contribution is -0.385.